The lowest BCUT2D eigenvalue weighted by atomic mass is 10.2. The Bertz CT molecular complexity index is 502. The minimum absolute atomic E-state index is 0.0162. The quantitative estimate of drug-likeness (QED) is 0.669. The van der Waals surface area contributed by atoms with Crippen LogP contribution in [0.1, 0.15) is 24.2 Å². The fraction of sp³-hybridized carbons (Fsp3) is 0.385. The third kappa shape index (κ3) is 6.07. The second-order valence-electron chi connectivity index (χ2n) is 4.02. The second kappa shape index (κ2) is 7.35. The predicted octanol–water partition coefficient (Wildman–Crippen LogP) is 2.98. The summed E-state index contributed by atoms with van der Waals surface area (Å²) < 4.78 is 41.2. The Morgan fingerprint density at radius 3 is 2.33 bits per heavy atom. The number of nitrogens with one attached hydrogen (secondary N) is 1. The number of hydrogen-bond acceptors (Lipinski definition) is 4. The molecule has 0 fully saturated rings. The molecule has 0 saturated carbocycles. The van der Waals surface area contributed by atoms with Gasteiger partial charge in [-0.25, -0.2) is 4.79 Å². The Morgan fingerprint density at radius 2 is 1.86 bits per heavy atom. The van der Waals surface area contributed by atoms with Crippen molar-refractivity contribution in [2.75, 3.05) is 6.61 Å². The molecular weight excluding hydrogens is 307 g/mol. The number of rotatable bonds is 5. The average Bonchev–Trinajstić information content (AvgIpc) is 2.37. The van der Waals surface area contributed by atoms with Crippen molar-refractivity contribution in [1.82, 2.24) is 5.32 Å². The zero-order valence-electron chi connectivity index (χ0n) is 11.4. The van der Waals surface area contributed by atoms with Crippen LogP contribution in [0, 0.1) is 0 Å². The fourth-order valence-corrected chi connectivity index (χ4v) is 1.95. The second-order valence-corrected chi connectivity index (χ2v) is 5.16. The van der Waals surface area contributed by atoms with Crippen LogP contribution >= 0.6 is 11.8 Å². The SMILES string of the molecule is CCOC(=O)C(C)NC(=O)c1ccc(SC(F)(F)F)cc1. The van der Waals surface area contributed by atoms with Crippen molar-refractivity contribution in [2.24, 2.45) is 0 Å². The van der Waals surface area contributed by atoms with Gasteiger partial charge in [-0.2, -0.15) is 13.2 Å². The van der Waals surface area contributed by atoms with E-state index in [2.05, 4.69) is 5.32 Å². The van der Waals surface area contributed by atoms with E-state index < -0.39 is 23.4 Å². The highest BCUT2D eigenvalue weighted by molar-refractivity contribution is 8.00. The van der Waals surface area contributed by atoms with Crippen molar-refractivity contribution < 1.29 is 27.5 Å². The lowest BCUT2D eigenvalue weighted by Crippen LogP contribution is -2.39. The number of halogens is 3. The molecule has 0 aliphatic rings. The van der Waals surface area contributed by atoms with Gasteiger partial charge in [0.05, 0.1) is 6.61 Å². The first-order chi connectivity index (χ1) is 9.73. The van der Waals surface area contributed by atoms with E-state index in [9.17, 15) is 22.8 Å². The van der Waals surface area contributed by atoms with Crippen molar-refractivity contribution in [2.45, 2.75) is 30.3 Å². The number of thioether (sulfide) groups is 1. The molecule has 0 spiro atoms. The number of alkyl halides is 3. The van der Waals surface area contributed by atoms with Gasteiger partial charge in [-0.15, -0.1) is 0 Å². The standard InChI is InChI=1S/C13H14F3NO3S/c1-3-20-12(19)8(2)17-11(18)9-4-6-10(7-5-9)21-13(14,15)16/h4-8H,3H2,1-2H3,(H,17,18). The summed E-state index contributed by atoms with van der Waals surface area (Å²) in [6.07, 6.45) is 0. The van der Waals surface area contributed by atoms with Crippen molar-refractivity contribution in [3.05, 3.63) is 29.8 Å². The van der Waals surface area contributed by atoms with Crippen LogP contribution in [0.2, 0.25) is 0 Å². The monoisotopic (exact) mass is 321 g/mol. The van der Waals surface area contributed by atoms with Crippen LogP contribution in [0.4, 0.5) is 13.2 Å². The molecule has 1 unspecified atom stereocenters. The minimum atomic E-state index is -4.37. The maximum atomic E-state index is 12.2. The molecule has 0 radical (unpaired) electrons. The Morgan fingerprint density at radius 1 is 1.29 bits per heavy atom. The highest BCUT2D eigenvalue weighted by atomic mass is 32.2. The van der Waals surface area contributed by atoms with E-state index in [0.717, 1.165) is 0 Å². The van der Waals surface area contributed by atoms with Crippen molar-refractivity contribution in [3.8, 4) is 0 Å². The molecule has 0 heterocycles. The molecule has 21 heavy (non-hydrogen) atoms. The zero-order chi connectivity index (χ0) is 16.0. The van der Waals surface area contributed by atoms with E-state index in [-0.39, 0.29) is 28.8 Å². The Balaban J connectivity index is 2.65. The largest absolute Gasteiger partial charge is 0.464 e. The minimum Gasteiger partial charge on any atom is -0.464 e. The van der Waals surface area contributed by atoms with Crippen LogP contribution in [0.3, 0.4) is 0 Å². The third-order valence-corrected chi connectivity index (χ3v) is 3.08. The molecule has 8 heteroatoms. The number of ether oxygens (including phenoxy) is 1. The first-order valence-corrected chi connectivity index (χ1v) is 6.88. The van der Waals surface area contributed by atoms with Crippen molar-refractivity contribution in [3.63, 3.8) is 0 Å². The number of hydrogen-bond donors (Lipinski definition) is 1. The van der Waals surface area contributed by atoms with Gasteiger partial charge in [0.15, 0.2) is 0 Å². The normalized spacial score (nSPS) is 12.6. The summed E-state index contributed by atoms with van der Waals surface area (Å²) in [4.78, 5) is 23.2. The lowest BCUT2D eigenvalue weighted by Gasteiger charge is -2.12. The highest BCUT2D eigenvalue weighted by Crippen LogP contribution is 2.36. The lowest BCUT2D eigenvalue weighted by molar-refractivity contribution is -0.144. The molecule has 4 nitrogen and oxygen atoms in total. The summed E-state index contributed by atoms with van der Waals surface area (Å²) in [5, 5.41) is 2.41. The summed E-state index contributed by atoms with van der Waals surface area (Å²) in [5.74, 6) is -1.13. The van der Waals surface area contributed by atoms with E-state index in [0.29, 0.717) is 0 Å². The molecule has 0 aliphatic carbocycles. The van der Waals surface area contributed by atoms with Gasteiger partial charge in [0.25, 0.3) is 5.91 Å². The smallest absolute Gasteiger partial charge is 0.446 e. The molecule has 0 bridgehead atoms. The molecule has 0 saturated heterocycles. The summed E-state index contributed by atoms with van der Waals surface area (Å²) in [6.45, 7) is 3.30. The summed E-state index contributed by atoms with van der Waals surface area (Å²) >= 11 is -0.259. The highest BCUT2D eigenvalue weighted by Gasteiger charge is 2.29. The maximum Gasteiger partial charge on any atom is 0.446 e. The van der Waals surface area contributed by atoms with Gasteiger partial charge in [0.1, 0.15) is 6.04 Å². The molecule has 1 atom stereocenters. The third-order valence-electron chi connectivity index (χ3n) is 2.34. The molecule has 116 valence electrons. The summed E-state index contributed by atoms with van der Waals surface area (Å²) in [6, 6.07) is 4.09. The van der Waals surface area contributed by atoms with E-state index in [4.69, 9.17) is 4.74 Å². The predicted molar refractivity (Wildman–Crippen MR) is 71.9 cm³/mol. The maximum absolute atomic E-state index is 12.2. The number of benzene rings is 1. The number of carbonyl (C=O) groups is 2. The molecule has 0 aromatic heterocycles. The van der Waals surface area contributed by atoms with Gasteiger partial charge in [-0.3, -0.25) is 4.79 Å². The average molecular weight is 321 g/mol. The van der Waals surface area contributed by atoms with Gasteiger partial charge in [-0.1, -0.05) is 0 Å². The van der Waals surface area contributed by atoms with E-state index in [1.54, 1.807) is 6.92 Å². The molecule has 1 amide bonds. The van der Waals surface area contributed by atoms with Crippen LogP contribution in [0.25, 0.3) is 0 Å². The van der Waals surface area contributed by atoms with Crippen LogP contribution in [0.5, 0.6) is 0 Å². The van der Waals surface area contributed by atoms with Crippen LogP contribution in [-0.4, -0.2) is 30.0 Å². The molecule has 1 aromatic rings. The Hall–Kier alpha value is -1.70. The number of carbonyl (C=O) groups excluding carboxylic acids is 2. The van der Waals surface area contributed by atoms with Gasteiger partial charge in [0, 0.05) is 10.5 Å². The van der Waals surface area contributed by atoms with Gasteiger partial charge >= 0.3 is 11.5 Å². The molecule has 0 aliphatic heterocycles. The molecule has 1 N–H and O–H groups in total. The van der Waals surface area contributed by atoms with Crippen LogP contribution in [0.15, 0.2) is 29.2 Å². The van der Waals surface area contributed by atoms with Gasteiger partial charge in [-0.05, 0) is 49.9 Å². The van der Waals surface area contributed by atoms with Gasteiger partial charge < -0.3 is 10.1 Å². The zero-order valence-corrected chi connectivity index (χ0v) is 12.2. The van der Waals surface area contributed by atoms with Crippen molar-refractivity contribution >= 4 is 23.6 Å². The topological polar surface area (TPSA) is 55.4 Å². The summed E-state index contributed by atoms with van der Waals surface area (Å²) in [7, 11) is 0. The van der Waals surface area contributed by atoms with Crippen LogP contribution in [-0.2, 0) is 9.53 Å². The fourth-order valence-electron chi connectivity index (χ4n) is 1.41. The molecule has 1 rings (SSSR count). The Kier molecular flexibility index (Phi) is 6.07. The van der Waals surface area contributed by atoms with Gasteiger partial charge in [0.2, 0.25) is 0 Å². The molecular formula is C13H14F3NO3S. The Labute approximate surface area is 124 Å². The number of amides is 1. The van der Waals surface area contributed by atoms with E-state index in [1.807, 2.05) is 0 Å². The van der Waals surface area contributed by atoms with Crippen LogP contribution < -0.4 is 5.32 Å². The van der Waals surface area contributed by atoms with E-state index in [1.165, 1.54) is 31.2 Å². The number of esters is 1. The van der Waals surface area contributed by atoms with Crippen molar-refractivity contribution in [1.29, 1.82) is 0 Å². The first kappa shape index (κ1) is 17.4. The van der Waals surface area contributed by atoms with E-state index >= 15 is 0 Å². The first-order valence-electron chi connectivity index (χ1n) is 6.06. The summed E-state index contributed by atoms with van der Waals surface area (Å²) in [5.41, 5.74) is -4.21. The molecule has 1 aromatic carbocycles.